The molecule has 27 heavy (non-hydrogen) atoms. The SMILES string of the molecule is [C-]#[N+]c1cc(F)cc(Oc2ccc(S(C)(=O)=O)c3c2[C@@H](F)C(F)(F)[C@H]3C)c1. The number of ether oxygens (including phenoxy) is 1. The van der Waals surface area contributed by atoms with Crippen LogP contribution in [0.25, 0.3) is 4.85 Å². The first-order chi connectivity index (χ1) is 12.5. The lowest BCUT2D eigenvalue weighted by Crippen LogP contribution is -2.23. The van der Waals surface area contributed by atoms with Crippen LogP contribution in [0, 0.1) is 12.4 Å². The van der Waals surface area contributed by atoms with Crippen LogP contribution in [0.4, 0.5) is 23.2 Å². The molecule has 0 bridgehead atoms. The Morgan fingerprint density at radius 3 is 2.44 bits per heavy atom. The van der Waals surface area contributed by atoms with Gasteiger partial charge in [-0.1, -0.05) is 6.92 Å². The van der Waals surface area contributed by atoms with Crippen LogP contribution >= 0.6 is 0 Å². The molecule has 0 saturated heterocycles. The zero-order valence-electron chi connectivity index (χ0n) is 14.1. The summed E-state index contributed by atoms with van der Waals surface area (Å²) in [4.78, 5) is 2.65. The molecule has 0 radical (unpaired) electrons. The minimum atomic E-state index is -3.90. The van der Waals surface area contributed by atoms with Gasteiger partial charge in [0, 0.05) is 17.9 Å². The average molecular weight is 399 g/mol. The van der Waals surface area contributed by atoms with E-state index < -0.39 is 44.1 Å². The van der Waals surface area contributed by atoms with E-state index in [-0.39, 0.29) is 22.7 Å². The summed E-state index contributed by atoms with van der Waals surface area (Å²) >= 11 is 0. The van der Waals surface area contributed by atoms with E-state index in [0.29, 0.717) is 0 Å². The molecule has 0 saturated carbocycles. The molecule has 1 aliphatic rings. The fourth-order valence-electron chi connectivity index (χ4n) is 3.12. The van der Waals surface area contributed by atoms with Crippen LogP contribution < -0.4 is 4.74 Å². The van der Waals surface area contributed by atoms with Gasteiger partial charge in [0.1, 0.15) is 17.3 Å². The van der Waals surface area contributed by atoms with Crippen molar-refractivity contribution in [1.82, 2.24) is 0 Å². The van der Waals surface area contributed by atoms with Crippen molar-refractivity contribution in [3.05, 3.63) is 58.7 Å². The molecular weight excluding hydrogens is 386 g/mol. The lowest BCUT2D eigenvalue weighted by molar-refractivity contribution is -0.0785. The van der Waals surface area contributed by atoms with E-state index in [1.54, 1.807) is 0 Å². The van der Waals surface area contributed by atoms with E-state index in [1.807, 2.05) is 0 Å². The minimum Gasteiger partial charge on any atom is -0.458 e. The number of halogens is 4. The Kier molecular flexibility index (Phi) is 4.43. The number of rotatable bonds is 3. The third-order valence-electron chi connectivity index (χ3n) is 4.42. The molecular formula is C18H13F4NO3S. The van der Waals surface area contributed by atoms with E-state index in [2.05, 4.69) is 4.85 Å². The van der Waals surface area contributed by atoms with Crippen molar-refractivity contribution in [2.75, 3.05) is 6.26 Å². The van der Waals surface area contributed by atoms with Crippen molar-refractivity contribution >= 4 is 15.5 Å². The molecule has 0 N–H and O–H groups in total. The van der Waals surface area contributed by atoms with Crippen LogP contribution in [0.1, 0.15) is 30.1 Å². The predicted octanol–water partition coefficient (Wildman–Crippen LogP) is 5.34. The molecule has 0 aromatic heterocycles. The van der Waals surface area contributed by atoms with Crippen LogP contribution in [0.2, 0.25) is 0 Å². The van der Waals surface area contributed by atoms with E-state index in [4.69, 9.17) is 11.3 Å². The number of benzene rings is 2. The Hall–Kier alpha value is -2.60. The third kappa shape index (κ3) is 3.14. The highest BCUT2D eigenvalue weighted by Crippen LogP contribution is 2.58. The average Bonchev–Trinajstić information content (AvgIpc) is 2.75. The Bertz CT molecular complexity index is 1080. The maximum atomic E-state index is 14.6. The summed E-state index contributed by atoms with van der Waals surface area (Å²) in [5.74, 6) is -6.86. The van der Waals surface area contributed by atoms with Gasteiger partial charge in [-0.15, -0.1) is 0 Å². The zero-order chi connectivity index (χ0) is 20.1. The molecule has 0 aliphatic heterocycles. The van der Waals surface area contributed by atoms with Crippen molar-refractivity contribution in [2.24, 2.45) is 0 Å². The highest BCUT2D eigenvalue weighted by atomic mass is 32.2. The second-order valence-electron chi connectivity index (χ2n) is 6.28. The van der Waals surface area contributed by atoms with Gasteiger partial charge < -0.3 is 4.74 Å². The molecule has 2 atom stereocenters. The molecule has 9 heteroatoms. The van der Waals surface area contributed by atoms with Crippen LogP contribution in [0.5, 0.6) is 11.5 Å². The second kappa shape index (κ2) is 6.23. The number of hydrogen-bond acceptors (Lipinski definition) is 3. The summed E-state index contributed by atoms with van der Waals surface area (Å²) in [5, 5.41) is 0. The van der Waals surface area contributed by atoms with Gasteiger partial charge in [-0.05, 0) is 29.8 Å². The third-order valence-corrected chi connectivity index (χ3v) is 5.58. The molecule has 0 fully saturated rings. The maximum Gasteiger partial charge on any atom is 0.289 e. The first-order valence-electron chi connectivity index (χ1n) is 7.71. The van der Waals surface area contributed by atoms with Crippen LogP contribution in [-0.2, 0) is 9.84 Å². The smallest absolute Gasteiger partial charge is 0.289 e. The largest absolute Gasteiger partial charge is 0.458 e. The maximum absolute atomic E-state index is 14.6. The highest BCUT2D eigenvalue weighted by Gasteiger charge is 2.57. The lowest BCUT2D eigenvalue weighted by Gasteiger charge is -2.17. The molecule has 0 spiro atoms. The van der Waals surface area contributed by atoms with Crippen molar-refractivity contribution in [3.8, 4) is 11.5 Å². The van der Waals surface area contributed by atoms with Gasteiger partial charge in [0.15, 0.2) is 21.7 Å². The topological polar surface area (TPSA) is 47.7 Å². The summed E-state index contributed by atoms with van der Waals surface area (Å²) in [5.41, 5.74) is -1.02. The van der Waals surface area contributed by atoms with E-state index >= 15 is 0 Å². The quantitative estimate of drug-likeness (QED) is 0.517. The number of alkyl halides is 3. The first-order valence-corrected chi connectivity index (χ1v) is 9.60. The minimum absolute atomic E-state index is 0.0927. The zero-order valence-corrected chi connectivity index (χ0v) is 15.0. The summed E-state index contributed by atoms with van der Waals surface area (Å²) in [7, 11) is -3.90. The molecule has 2 aromatic rings. The van der Waals surface area contributed by atoms with E-state index in [9.17, 15) is 26.0 Å². The van der Waals surface area contributed by atoms with Crippen LogP contribution in [0.3, 0.4) is 0 Å². The fraction of sp³-hybridized carbons (Fsp3) is 0.278. The van der Waals surface area contributed by atoms with E-state index in [1.165, 1.54) is 0 Å². The lowest BCUT2D eigenvalue weighted by atomic mass is 10.0. The molecule has 1 aliphatic carbocycles. The molecule has 0 heterocycles. The number of fused-ring (bicyclic) bond motifs is 1. The summed E-state index contributed by atoms with van der Waals surface area (Å²) in [6, 6.07) is 5.14. The number of hydrogen-bond donors (Lipinski definition) is 0. The van der Waals surface area contributed by atoms with Gasteiger partial charge in [0.2, 0.25) is 0 Å². The van der Waals surface area contributed by atoms with E-state index in [0.717, 1.165) is 43.5 Å². The number of nitrogens with zero attached hydrogens (tertiary/aromatic N) is 1. The monoisotopic (exact) mass is 399 g/mol. The fourth-order valence-corrected chi connectivity index (χ4v) is 4.12. The molecule has 0 amide bonds. The van der Waals surface area contributed by atoms with Crippen molar-refractivity contribution in [2.45, 2.75) is 29.8 Å². The molecule has 142 valence electrons. The van der Waals surface area contributed by atoms with Crippen molar-refractivity contribution in [1.29, 1.82) is 0 Å². The van der Waals surface area contributed by atoms with Crippen LogP contribution in [-0.4, -0.2) is 20.6 Å². The normalized spacial score (nSPS) is 20.8. The van der Waals surface area contributed by atoms with Crippen molar-refractivity contribution < 1.29 is 30.7 Å². The highest BCUT2D eigenvalue weighted by molar-refractivity contribution is 7.90. The van der Waals surface area contributed by atoms with Crippen LogP contribution in [0.15, 0.2) is 35.2 Å². The Morgan fingerprint density at radius 2 is 1.85 bits per heavy atom. The molecule has 0 unspecified atom stereocenters. The number of sulfone groups is 1. The Morgan fingerprint density at radius 1 is 1.19 bits per heavy atom. The van der Waals surface area contributed by atoms with Gasteiger partial charge in [0.05, 0.1) is 17.4 Å². The van der Waals surface area contributed by atoms with Gasteiger partial charge in [-0.3, -0.25) is 0 Å². The molecule has 2 aromatic carbocycles. The van der Waals surface area contributed by atoms with Crippen molar-refractivity contribution in [3.63, 3.8) is 0 Å². The standard InChI is InChI=1S/C18H13F4NO3S/c1-9-15-14(27(3,24)25)5-4-13(16(15)17(20)18(9,21)22)26-12-7-10(19)6-11(8-12)23-2/h4-9,17H,1,3H3/t9-,17+/m0/s1. The van der Waals surface area contributed by atoms with Gasteiger partial charge in [0.25, 0.3) is 5.92 Å². The Labute approximate surface area is 153 Å². The first kappa shape index (κ1) is 19.2. The molecule has 3 rings (SSSR count). The summed E-state index contributed by atoms with van der Waals surface area (Å²) in [6.45, 7) is 7.96. The Balaban J connectivity index is 2.21. The second-order valence-corrected chi connectivity index (χ2v) is 8.26. The van der Waals surface area contributed by atoms with Gasteiger partial charge >= 0.3 is 0 Å². The molecule has 4 nitrogen and oxygen atoms in total. The predicted molar refractivity (Wildman–Crippen MR) is 89.5 cm³/mol. The van der Waals surface area contributed by atoms with Gasteiger partial charge in [-0.2, -0.15) is 0 Å². The summed E-state index contributed by atoms with van der Waals surface area (Å²) in [6.07, 6.45) is -1.94. The summed E-state index contributed by atoms with van der Waals surface area (Å²) < 4.78 is 86.0. The van der Waals surface area contributed by atoms with Gasteiger partial charge in [-0.25, -0.2) is 30.8 Å².